The van der Waals surface area contributed by atoms with Crippen molar-refractivity contribution >= 4 is 17.2 Å². The first-order valence-electron chi connectivity index (χ1n) is 12.7. The van der Waals surface area contributed by atoms with Crippen molar-refractivity contribution in [2.45, 2.75) is 44.6 Å². The predicted molar refractivity (Wildman–Crippen MR) is 148 cm³/mol. The number of piperidine rings is 1. The number of nitrogens with two attached hydrogens (primary N) is 1. The third kappa shape index (κ3) is 5.18. The number of fused-ring (bicyclic) bond motifs is 1. The summed E-state index contributed by atoms with van der Waals surface area (Å²) in [6, 6.07) is 11.9. The number of pyridine rings is 3. The Hall–Kier alpha value is -4.73. The summed E-state index contributed by atoms with van der Waals surface area (Å²) >= 11 is 0. The molecule has 0 aromatic carbocycles. The third-order valence-corrected chi connectivity index (χ3v) is 7.19. The molecule has 0 spiro atoms. The molecule has 0 saturated carbocycles. The van der Waals surface area contributed by atoms with Crippen LogP contribution in [0.15, 0.2) is 55.1 Å². The zero-order chi connectivity index (χ0) is 27.8. The van der Waals surface area contributed by atoms with Crippen LogP contribution in [0.2, 0.25) is 0 Å². The van der Waals surface area contributed by atoms with E-state index >= 15 is 0 Å². The minimum atomic E-state index is -1.14. The molecule has 0 unspecified atom stereocenters. The molecule has 4 aromatic heterocycles. The van der Waals surface area contributed by atoms with Crippen LogP contribution in [-0.2, 0) is 5.41 Å². The second-order valence-electron chi connectivity index (χ2n) is 10.6. The third-order valence-electron chi connectivity index (χ3n) is 7.19. The smallest absolute Gasteiger partial charge is 0.267 e. The Bertz CT molecular complexity index is 1660. The Labute approximate surface area is 226 Å². The van der Waals surface area contributed by atoms with Crippen molar-refractivity contribution in [1.82, 2.24) is 19.6 Å². The van der Waals surface area contributed by atoms with Crippen LogP contribution in [0.3, 0.4) is 0 Å². The Balaban J connectivity index is 1.42. The number of primary amides is 1. The molecule has 5 heterocycles. The number of rotatable bonds is 4. The van der Waals surface area contributed by atoms with E-state index in [-0.39, 0.29) is 5.41 Å². The number of aromatic nitrogens is 4. The van der Waals surface area contributed by atoms with E-state index in [1.54, 1.807) is 37.0 Å². The Morgan fingerprint density at radius 2 is 1.95 bits per heavy atom. The maximum absolute atomic E-state index is 11.9. The summed E-state index contributed by atoms with van der Waals surface area (Å²) in [4.78, 5) is 23.2. The topological polar surface area (TPSA) is 133 Å². The van der Waals surface area contributed by atoms with Gasteiger partial charge in [0, 0.05) is 48.4 Å². The monoisotopic (exact) mass is 519 g/mol. The van der Waals surface area contributed by atoms with Crippen LogP contribution in [0.4, 0.5) is 5.82 Å². The summed E-state index contributed by atoms with van der Waals surface area (Å²) in [7, 11) is 0. The van der Waals surface area contributed by atoms with Gasteiger partial charge in [-0.3, -0.25) is 9.78 Å². The number of anilines is 1. The molecule has 1 saturated heterocycles. The average molecular weight is 520 g/mol. The number of amides is 1. The lowest BCUT2D eigenvalue weighted by atomic mass is 9.73. The molecule has 0 bridgehead atoms. The minimum absolute atomic E-state index is 0.207. The van der Waals surface area contributed by atoms with Crippen LogP contribution in [0.25, 0.3) is 16.6 Å². The molecule has 1 amide bonds. The Kier molecular flexibility index (Phi) is 6.55. The van der Waals surface area contributed by atoms with E-state index in [4.69, 9.17) is 10.7 Å². The van der Waals surface area contributed by atoms with Crippen molar-refractivity contribution in [3.8, 4) is 29.0 Å². The number of carbonyl (C=O) groups excluding carboxylic acids is 1. The lowest BCUT2D eigenvalue weighted by Crippen LogP contribution is -2.42. The summed E-state index contributed by atoms with van der Waals surface area (Å²) in [5.74, 6) is 6.18. The first-order chi connectivity index (χ1) is 18.6. The SMILES string of the molecule is CC(C)(O)C#Cc1cc(-c2ccc(N3CCC(C)(c4cccnc4C(N)=O)CC3)nc2)c2c(C#N)cnn2c1. The highest BCUT2D eigenvalue weighted by atomic mass is 16.3. The molecular formula is C30H29N7O2. The molecule has 0 atom stereocenters. The number of carbonyl (C=O) groups is 1. The van der Waals surface area contributed by atoms with Gasteiger partial charge in [0.2, 0.25) is 0 Å². The van der Waals surface area contributed by atoms with Crippen molar-refractivity contribution in [2.75, 3.05) is 18.0 Å². The highest BCUT2D eigenvalue weighted by molar-refractivity contribution is 5.92. The van der Waals surface area contributed by atoms with Gasteiger partial charge in [0.25, 0.3) is 5.91 Å². The van der Waals surface area contributed by atoms with E-state index < -0.39 is 11.5 Å². The van der Waals surface area contributed by atoms with Crippen molar-refractivity contribution in [1.29, 1.82) is 5.26 Å². The van der Waals surface area contributed by atoms with E-state index in [1.807, 2.05) is 30.3 Å². The highest BCUT2D eigenvalue weighted by Crippen LogP contribution is 2.37. The average Bonchev–Trinajstić information content (AvgIpc) is 3.35. The second kappa shape index (κ2) is 9.86. The molecule has 1 aliphatic heterocycles. The molecule has 0 aliphatic carbocycles. The van der Waals surface area contributed by atoms with Crippen molar-refractivity contribution < 1.29 is 9.90 Å². The fourth-order valence-electron chi connectivity index (χ4n) is 5.04. The molecule has 3 N–H and O–H groups in total. The molecule has 0 radical (unpaired) electrons. The van der Waals surface area contributed by atoms with Gasteiger partial charge in [-0.15, -0.1) is 0 Å². The van der Waals surface area contributed by atoms with Crippen LogP contribution in [0.1, 0.15) is 60.8 Å². The predicted octanol–water partition coefficient (Wildman–Crippen LogP) is 3.44. The van der Waals surface area contributed by atoms with Gasteiger partial charge in [0.1, 0.15) is 23.2 Å². The molecule has 196 valence electrons. The first kappa shape index (κ1) is 25.9. The minimum Gasteiger partial charge on any atom is -0.378 e. The second-order valence-corrected chi connectivity index (χ2v) is 10.6. The standard InChI is InChI=1S/C30H29N7O2/c1-29(2,39)9-8-20-15-23(27-22(16-31)18-35-37(27)19-20)21-6-7-25(34-17-21)36-13-10-30(3,11-14-36)24-5-4-12-33-26(24)28(32)38/h4-7,12,15,17-19,39H,10-11,13-14H2,1-3H3,(H2,32,38). The summed E-state index contributed by atoms with van der Waals surface area (Å²) in [6.45, 7) is 6.94. The number of hydrogen-bond acceptors (Lipinski definition) is 7. The van der Waals surface area contributed by atoms with Crippen molar-refractivity contribution in [2.24, 2.45) is 5.73 Å². The molecule has 39 heavy (non-hydrogen) atoms. The summed E-state index contributed by atoms with van der Waals surface area (Å²) in [5, 5.41) is 24.0. The first-order valence-corrected chi connectivity index (χ1v) is 12.7. The number of nitriles is 1. The summed E-state index contributed by atoms with van der Waals surface area (Å²) in [5.41, 5.74) is 8.89. The number of aliphatic hydroxyl groups is 1. The van der Waals surface area contributed by atoms with Crippen molar-refractivity contribution in [3.63, 3.8) is 0 Å². The lowest BCUT2D eigenvalue weighted by Gasteiger charge is -2.40. The van der Waals surface area contributed by atoms with Gasteiger partial charge in [-0.05, 0) is 61.9 Å². The van der Waals surface area contributed by atoms with E-state index in [0.29, 0.717) is 22.3 Å². The van der Waals surface area contributed by atoms with E-state index in [1.165, 1.54) is 6.20 Å². The number of nitrogens with zero attached hydrogens (tertiary/aromatic N) is 6. The van der Waals surface area contributed by atoms with Crippen molar-refractivity contribution in [3.05, 3.63) is 77.5 Å². The van der Waals surface area contributed by atoms with Crippen LogP contribution >= 0.6 is 0 Å². The largest absolute Gasteiger partial charge is 0.378 e. The fourth-order valence-corrected chi connectivity index (χ4v) is 5.04. The van der Waals surface area contributed by atoms with Gasteiger partial charge >= 0.3 is 0 Å². The van der Waals surface area contributed by atoms with Gasteiger partial charge in [-0.1, -0.05) is 24.8 Å². The maximum Gasteiger partial charge on any atom is 0.267 e. The lowest BCUT2D eigenvalue weighted by molar-refractivity contribution is 0.0992. The molecule has 5 rings (SSSR count). The van der Waals surface area contributed by atoms with Gasteiger partial charge in [0.05, 0.1) is 17.3 Å². The number of hydrogen-bond donors (Lipinski definition) is 2. The summed E-state index contributed by atoms with van der Waals surface area (Å²) < 4.78 is 1.64. The van der Waals surface area contributed by atoms with Gasteiger partial charge < -0.3 is 15.7 Å². The van der Waals surface area contributed by atoms with Gasteiger partial charge in [-0.2, -0.15) is 10.4 Å². The van der Waals surface area contributed by atoms with Gasteiger partial charge in [-0.25, -0.2) is 9.50 Å². The quantitative estimate of drug-likeness (QED) is 0.395. The van der Waals surface area contributed by atoms with Crippen LogP contribution in [-0.4, -0.2) is 49.3 Å². The molecular weight excluding hydrogens is 490 g/mol. The maximum atomic E-state index is 11.9. The zero-order valence-electron chi connectivity index (χ0n) is 22.1. The summed E-state index contributed by atoms with van der Waals surface area (Å²) in [6.07, 6.45) is 8.33. The zero-order valence-corrected chi connectivity index (χ0v) is 22.1. The van der Waals surface area contributed by atoms with Gasteiger partial charge in [0.15, 0.2) is 0 Å². The van der Waals surface area contributed by atoms with Crippen LogP contribution < -0.4 is 10.6 Å². The molecule has 9 heteroatoms. The molecule has 1 aliphatic rings. The van der Waals surface area contributed by atoms with E-state index in [2.05, 4.69) is 39.8 Å². The Morgan fingerprint density at radius 1 is 1.18 bits per heavy atom. The molecule has 4 aromatic rings. The molecule has 9 nitrogen and oxygen atoms in total. The van der Waals surface area contributed by atoms with Crippen LogP contribution in [0.5, 0.6) is 0 Å². The fraction of sp³-hybridized carbons (Fsp3) is 0.300. The molecule has 1 fully saturated rings. The van der Waals surface area contributed by atoms with E-state index in [9.17, 15) is 15.2 Å². The Morgan fingerprint density at radius 3 is 2.59 bits per heavy atom. The van der Waals surface area contributed by atoms with E-state index in [0.717, 1.165) is 48.4 Å². The highest BCUT2D eigenvalue weighted by Gasteiger charge is 2.35. The normalized spacial score (nSPS) is 14.9. The van der Waals surface area contributed by atoms with Crippen LogP contribution in [0, 0.1) is 23.2 Å².